The third kappa shape index (κ3) is 5.05. The second-order valence-corrected chi connectivity index (χ2v) is 6.53. The van der Waals surface area contributed by atoms with Gasteiger partial charge in [-0.3, -0.25) is 0 Å². The highest BCUT2D eigenvalue weighted by atomic mass is 15.2. The lowest BCUT2D eigenvalue weighted by Gasteiger charge is -2.40. The van der Waals surface area contributed by atoms with Crippen LogP contribution in [0.1, 0.15) is 58.3 Å². The molecule has 3 nitrogen and oxygen atoms in total. The predicted molar refractivity (Wildman–Crippen MR) is 82.4 cm³/mol. The van der Waals surface area contributed by atoms with E-state index in [4.69, 9.17) is 5.73 Å². The molecule has 2 fully saturated rings. The molecular weight excluding hydrogens is 234 g/mol. The van der Waals surface area contributed by atoms with Crippen molar-refractivity contribution >= 4 is 0 Å². The van der Waals surface area contributed by atoms with E-state index in [0.717, 1.165) is 12.6 Å². The Morgan fingerprint density at radius 2 is 1.74 bits per heavy atom. The van der Waals surface area contributed by atoms with E-state index in [0.29, 0.717) is 6.04 Å². The number of likely N-dealkylation sites (tertiary alicyclic amines) is 2. The third-order valence-corrected chi connectivity index (χ3v) is 4.89. The predicted octanol–water partition coefficient (Wildman–Crippen LogP) is 2.45. The summed E-state index contributed by atoms with van der Waals surface area (Å²) in [6, 6.07) is 1.26. The standard InChI is InChI=1S/C16H33N3/c1-2-3-7-15(17)14-18-12-8-16(9-13-18)19-10-5-4-6-11-19/h15-16H,2-14,17H2,1H3. The molecule has 2 rings (SSSR count). The Bertz CT molecular complexity index is 230. The van der Waals surface area contributed by atoms with Crippen LogP contribution in [-0.2, 0) is 0 Å². The number of piperidine rings is 2. The molecule has 0 spiro atoms. The molecule has 0 aromatic carbocycles. The fourth-order valence-electron chi connectivity index (χ4n) is 3.64. The molecule has 2 aliphatic rings. The summed E-state index contributed by atoms with van der Waals surface area (Å²) in [5.74, 6) is 0. The van der Waals surface area contributed by atoms with Crippen molar-refractivity contribution < 1.29 is 0 Å². The van der Waals surface area contributed by atoms with Gasteiger partial charge in [-0.25, -0.2) is 0 Å². The summed E-state index contributed by atoms with van der Waals surface area (Å²) in [5.41, 5.74) is 6.22. The Morgan fingerprint density at radius 1 is 1.05 bits per heavy atom. The van der Waals surface area contributed by atoms with Gasteiger partial charge in [0.05, 0.1) is 0 Å². The summed E-state index contributed by atoms with van der Waals surface area (Å²) < 4.78 is 0. The maximum absolute atomic E-state index is 6.22. The van der Waals surface area contributed by atoms with Crippen molar-refractivity contribution in [1.29, 1.82) is 0 Å². The summed E-state index contributed by atoms with van der Waals surface area (Å²) in [4.78, 5) is 5.35. The number of nitrogens with zero attached hydrogens (tertiary/aromatic N) is 2. The van der Waals surface area contributed by atoms with Gasteiger partial charge in [-0.1, -0.05) is 26.2 Å². The lowest BCUT2D eigenvalue weighted by Crippen LogP contribution is -2.49. The number of unbranched alkanes of at least 4 members (excludes halogenated alkanes) is 1. The lowest BCUT2D eigenvalue weighted by atomic mass is 9.99. The van der Waals surface area contributed by atoms with Gasteiger partial charge >= 0.3 is 0 Å². The topological polar surface area (TPSA) is 32.5 Å². The molecule has 0 bridgehead atoms. The Hall–Kier alpha value is -0.120. The number of hydrogen-bond acceptors (Lipinski definition) is 3. The lowest BCUT2D eigenvalue weighted by molar-refractivity contribution is 0.0895. The van der Waals surface area contributed by atoms with E-state index in [1.165, 1.54) is 77.5 Å². The molecule has 112 valence electrons. The summed E-state index contributed by atoms with van der Waals surface area (Å²) in [6.45, 7) is 8.59. The molecule has 19 heavy (non-hydrogen) atoms. The van der Waals surface area contributed by atoms with Crippen LogP contribution in [0.25, 0.3) is 0 Å². The first-order valence-electron chi connectivity index (χ1n) is 8.51. The Morgan fingerprint density at radius 3 is 2.37 bits per heavy atom. The number of rotatable bonds is 6. The van der Waals surface area contributed by atoms with Crippen molar-refractivity contribution in [3.63, 3.8) is 0 Å². The van der Waals surface area contributed by atoms with Crippen LogP contribution in [0.3, 0.4) is 0 Å². The zero-order valence-corrected chi connectivity index (χ0v) is 12.8. The highest BCUT2D eigenvalue weighted by molar-refractivity contribution is 4.82. The van der Waals surface area contributed by atoms with E-state index in [9.17, 15) is 0 Å². The molecule has 2 saturated heterocycles. The fraction of sp³-hybridized carbons (Fsp3) is 1.00. The smallest absolute Gasteiger partial charge is 0.0167 e. The minimum atomic E-state index is 0.395. The second kappa shape index (κ2) is 8.23. The van der Waals surface area contributed by atoms with E-state index in [-0.39, 0.29) is 0 Å². The first-order chi connectivity index (χ1) is 9.29. The highest BCUT2D eigenvalue weighted by Gasteiger charge is 2.25. The highest BCUT2D eigenvalue weighted by Crippen LogP contribution is 2.21. The minimum absolute atomic E-state index is 0.395. The van der Waals surface area contributed by atoms with Gasteiger partial charge in [0.25, 0.3) is 0 Å². The van der Waals surface area contributed by atoms with Crippen molar-refractivity contribution in [2.24, 2.45) is 5.73 Å². The van der Waals surface area contributed by atoms with E-state index in [2.05, 4.69) is 16.7 Å². The molecule has 0 aliphatic carbocycles. The summed E-state index contributed by atoms with van der Waals surface area (Å²) in [7, 11) is 0. The molecule has 0 radical (unpaired) electrons. The van der Waals surface area contributed by atoms with Gasteiger partial charge in [0.1, 0.15) is 0 Å². The molecular formula is C16H33N3. The molecule has 0 aromatic rings. The van der Waals surface area contributed by atoms with Crippen molar-refractivity contribution in [2.45, 2.75) is 70.4 Å². The van der Waals surface area contributed by atoms with Gasteiger partial charge in [-0.15, -0.1) is 0 Å². The van der Waals surface area contributed by atoms with Gasteiger partial charge < -0.3 is 15.5 Å². The van der Waals surface area contributed by atoms with Gasteiger partial charge in [-0.05, 0) is 58.3 Å². The molecule has 2 heterocycles. The Kier molecular flexibility index (Phi) is 6.62. The van der Waals surface area contributed by atoms with E-state index < -0.39 is 0 Å². The van der Waals surface area contributed by atoms with E-state index in [1.54, 1.807) is 0 Å². The van der Waals surface area contributed by atoms with Crippen LogP contribution in [0.5, 0.6) is 0 Å². The Labute approximate surface area is 119 Å². The quantitative estimate of drug-likeness (QED) is 0.802. The average molecular weight is 267 g/mol. The van der Waals surface area contributed by atoms with Gasteiger partial charge in [0.2, 0.25) is 0 Å². The van der Waals surface area contributed by atoms with E-state index in [1.807, 2.05) is 0 Å². The van der Waals surface area contributed by atoms with Gasteiger partial charge in [0, 0.05) is 18.6 Å². The first kappa shape index (κ1) is 15.3. The van der Waals surface area contributed by atoms with Crippen LogP contribution in [-0.4, -0.2) is 54.6 Å². The van der Waals surface area contributed by atoms with Crippen LogP contribution < -0.4 is 5.73 Å². The SMILES string of the molecule is CCCCC(N)CN1CCC(N2CCCCC2)CC1. The summed E-state index contributed by atoms with van der Waals surface area (Å²) >= 11 is 0. The van der Waals surface area contributed by atoms with Crippen LogP contribution in [0.15, 0.2) is 0 Å². The number of hydrogen-bond donors (Lipinski definition) is 1. The molecule has 0 aromatic heterocycles. The average Bonchev–Trinajstić information content (AvgIpc) is 2.47. The fourth-order valence-corrected chi connectivity index (χ4v) is 3.64. The largest absolute Gasteiger partial charge is 0.327 e. The van der Waals surface area contributed by atoms with Crippen LogP contribution in [0, 0.1) is 0 Å². The molecule has 0 saturated carbocycles. The maximum atomic E-state index is 6.22. The van der Waals surface area contributed by atoms with Crippen molar-refractivity contribution in [2.75, 3.05) is 32.7 Å². The molecule has 1 atom stereocenters. The zero-order chi connectivity index (χ0) is 13.5. The number of nitrogens with two attached hydrogens (primary N) is 1. The zero-order valence-electron chi connectivity index (χ0n) is 12.8. The normalized spacial score (nSPS) is 25.6. The molecule has 1 unspecified atom stereocenters. The monoisotopic (exact) mass is 267 g/mol. The first-order valence-corrected chi connectivity index (χ1v) is 8.51. The van der Waals surface area contributed by atoms with Crippen LogP contribution in [0.2, 0.25) is 0 Å². The maximum Gasteiger partial charge on any atom is 0.0167 e. The van der Waals surface area contributed by atoms with Crippen molar-refractivity contribution in [1.82, 2.24) is 9.80 Å². The molecule has 2 aliphatic heterocycles. The summed E-state index contributed by atoms with van der Waals surface area (Å²) in [6.07, 6.45) is 10.8. The van der Waals surface area contributed by atoms with E-state index >= 15 is 0 Å². The second-order valence-electron chi connectivity index (χ2n) is 6.53. The third-order valence-electron chi connectivity index (χ3n) is 4.89. The summed E-state index contributed by atoms with van der Waals surface area (Å²) in [5, 5.41) is 0. The minimum Gasteiger partial charge on any atom is -0.327 e. The molecule has 0 amide bonds. The van der Waals surface area contributed by atoms with Crippen molar-refractivity contribution in [3.05, 3.63) is 0 Å². The van der Waals surface area contributed by atoms with Gasteiger partial charge in [0.15, 0.2) is 0 Å². The Balaban J connectivity index is 1.64. The van der Waals surface area contributed by atoms with Crippen molar-refractivity contribution in [3.8, 4) is 0 Å². The van der Waals surface area contributed by atoms with Crippen LogP contribution in [0.4, 0.5) is 0 Å². The molecule has 2 N–H and O–H groups in total. The van der Waals surface area contributed by atoms with Gasteiger partial charge in [-0.2, -0.15) is 0 Å². The van der Waals surface area contributed by atoms with Crippen LogP contribution >= 0.6 is 0 Å². The molecule has 3 heteroatoms.